The van der Waals surface area contributed by atoms with Crippen molar-refractivity contribution in [3.05, 3.63) is 12.2 Å². The zero-order valence-electron chi connectivity index (χ0n) is 13.4. The van der Waals surface area contributed by atoms with Gasteiger partial charge in [-0.1, -0.05) is 12.2 Å². The summed E-state index contributed by atoms with van der Waals surface area (Å²) in [6.45, 7) is 2.11. The summed E-state index contributed by atoms with van der Waals surface area (Å²) >= 11 is 0. The van der Waals surface area contributed by atoms with Crippen LogP contribution >= 0.6 is 0 Å². The topological polar surface area (TPSA) is 38.3 Å². The minimum Gasteiger partial charge on any atom is -0.469 e. The number of piperidine rings is 1. The van der Waals surface area contributed by atoms with Crippen molar-refractivity contribution in [2.24, 2.45) is 23.7 Å². The predicted octanol–water partition coefficient (Wildman–Crippen LogP) is 3.30. The molecule has 2 saturated heterocycles. The molecule has 4 atom stereocenters. The van der Waals surface area contributed by atoms with Crippen LogP contribution < -0.4 is 5.32 Å². The highest BCUT2D eigenvalue weighted by atomic mass is 16.5. The SMILES string of the molecule is C/C=C/C1CCC([C@H]2C[C@H]3CCC(N3)C2C(=O)OC)CC1. The third kappa shape index (κ3) is 3.03. The van der Waals surface area contributed by atoms with Gasteiger partial charge in [-0.15, -0.1) is 0 Å². The highest BCUT2D eigenvalue weighted by Crippen LogP contribution is 2.45. The molecular formula is C18H29NO2. The van der Waals surface area contributed by atoms with E-state index in [0.717, 1.165) is 18.3 Å². The zero-order chi connectivity index (χ0) is 14.8. The van der Waals surface area contributed by atoms with Crippen LogP contribution in [0.4, 0.5) is 0 Å². The molecule has 21 heavy (non-hydrogen) atoms. The second-order valence-corrected chi connectivity index (χ2v) is 7.20. The molecule has 2 bridgehead atoms. The first-order valence-electron chi connectivity index (χ1n) is 8.69. The fraction of sp³-hybridized carbons (Fsp3) is 0.833. The van der Waals surface area contributed by atoms with Gasteiger partial charge in [0, 0.05) is 12.1 Å². The van der Waals surface area contributed by atoms with E-state index in [9.17, 15) is 4.79 Å². The lowest BCUT2D eigenvalue weighted by molar-refractivity contribution is -0.151. The molecule has 1 aliphatic carbocycles. The van der Waals surface area contributed by atoms with Gasteiger partial charge >= 0.3 is 5.97 Å². The van der Waals surface area contributed by atoms with Gasteiger partial charge in [0.1, 0.15) is 0 Å². The van der Waals surface area contributed by atoms with Crippen molar-refractivity contribution < 1.29 is 9.53 Å². The molecule has 3 heteroatoms. The Balaban J connectivity index is 1.69. The van der Waals surface area contributed by atoms with Crippen molar-refractivity contribution in [1.29, 1.82) is 0 Å². The standard InChI is InChI=1S/C18H29NO2/c1-3-4-12-5-7-13(8-6-12)15-11-14-9-10-16(19-14)17(15)18(20)21-2/h3-4,12-17,19H,5-11H2,1-2H3/b4-3+/t12?,13?,14-,15-,16?,17?/m1/s1. The third-order valence-electron chi connectivity index (χ3n) is 6.09. The molecular weight excluding hydrogens is 262 g/mol. The summed E-state index contributed by atoms with van der Waals surface area (Å²) in [6, 6.07) is 1.02. The second-order valence-electron chi connectivity index (χ2n) is 7.20. The van der Waals surface area contributed by atoms with E-state index in [0.29, 0.717) is 18.0 Å². The van der Waals surface area contributed by atoms with Crippen molar-refractivity contribution in [3.63, 3.8) is 0 Å². The van der Waals surface area contributed by atoms with Crippen molar-refractivity contribution >= 4 is 5.97 Å². The average molecular weight is 291 g/mol. The number of carbonyl (C=O) groups is 1. The molecule has 0 aromatic heterocycles. The molecule has 1 N–H and O–H groups in total. The van der Waals surface area contributed by atoms with Gasteiger partial charge in [-0.05, 0) is 69.6 Å². The summed E-state index contributed by atoms with van der Waals surface area (Å²) in [7, 11) is 1.55. The Hall–Kier alpha value is -0.830. The molecule has 2 aliphatic heterocycles. The number of esters is 1. The molecule has 2 unspecified atom stereocenters. The van der Waals surface area contributed by atoms with Crippen molar-refractivity contribution in [1.82, 2.24) is 5.32 Å². The van der Waals surface area contributed by atoms with E-state index in [1.165, 1.54) is 38.5 Å². The highest BCUT2D eigenvalue weighted by Gasteiger charge is 2.48. The van der Waals surface area contributed by atoms with E-state index in [1.54, 1.807) is 7.11 Å². The molecule has 0 aromatic rings. The molecule has 3 nitrogen and oxygen atoms in total. The number of carbonyl (C=O) groups excluding carboxylic acids is 1. The monoisotopic (exact) mass is 291 g/mol. The maximum Gasteiger partial charge on any atom is 0.310 e. The van der Waals surface area contributed by atoms with Crippen LogP contribution in [0.25, 0.3) is 0 Å². The molecule has 3 aliphatic rings. The molecule has 2 heterocycles. The van der Waals surface area contributed by atoms with Crippen LogP contribution in [0.3, 0.4) is 0 Å². The number of rotatable bonds is 3. The number of hydrogen-bond donors (Lipinski definition) is 1. The molecule has 3 rings (SSSR count). The predicted molar refractivity (Wildman–Crippen MR) is 83.8 cm³/mol. The Kier molecular flexibility index (Phi) is 4.68. The van der Waals surface area contributed by atoms with Gasteiger partial charge < -0.3 is 10.1 Å². The van der Waals surface area contributed by atoms with Gasteiger partial charge in [-0.2, -0.15) is 0 Å². The Morgan fingerprint density at radius 1 is 1.14 bits per heavy atom. The maximum absolute atomic E-state index is 12.3. The van der Waals surface area contributed by atoms with Crippen LogP contribution in [-0.2, 0) is 9.53 Å². The molecule has 0 radical (unpaired) electrons. The largest absolute Gasteiger partial charge is 0.469 e. The van der Waals surface area contributed by atoms with E-state index in [4.69, 9.17) is 4.74 Å². The van der Waals surface area contributed by atoms with Crippen LogP contribution in [-0.4, -0.2) is 25.2 Å². The van der Waals surface area contributed by atoms with Crippen LogP contribution in [0.2, 0.25) is 0 Å². The second kappa shape index (κ2) is 6.51. The van der Waals surface area contributed by atoms with Crippen LogP contribution in [0.1, 0.15) is 51.9 Å². The fourth-order valence-electron chi connectivity index (χ4n) is 5.09. The van der Waals surface area contributed by atoms with Gasteiger partial charge in [0.2, 0.25) is 0 Å². The van der Waals surface area contributed by atoms with E-state index < -0.39 is 0 Å². The van der Waals surface area contributed by atoms with E-state index >= 15 is 0 Å². The number of fused-ring (bicyclic) bond motifs is 2. The number of nitrogens with one attached hydrogen (secondary N) is 1. The van der Waals surface area contributed by atoms with E-state index in [-0.39, 0.29) is 11.9 Å². The molecule has 118 valence electrons. The maximum atomic E-state index is 12.3. The lowest BCUT2D eigenvalue weighted by Crippen LogP contribution is -2.51. The number of hydrogen-bond acceptors (Lipinski definition) is 3. The summed E-state index contributed by atoms with van der Waals surface area (Å²) < 4.78 is 5.13. The fourth-order valence-corrected chi connectivity index (χ4v) is 5.09. The minimum atomic E-state index is 0.0217. The Morgan fingerprint density at radius 2 is 1.90 bits per heavy atom. The summed E-state index contributed by atoms with van der Waals surface area (Å²) in [5.41, 5.74) is 0. The minimum absolute atomic E-state index is 0.0217. The molecule has 0 amide bonds. The van der Waals surface area contributed by atoms with Gasteiger partial charge in [-0.3, -0.25) is 4.79 Å². The number of ether oxygens (including phenoxy) is 1. The summed E-state index contributed by atoms with van der Waals surface area (Å²) in [4.78, 5) is 12.3. The van der Waals surface area contributed by atoms with Gasteiger partial charge in [-0.25, -0.2) is 0 Å². The number of methoxy groups -OCH3 is 1. The zero-order valence-corrected chi connectivity index (χ0v) is 13.4. The van der Waals surface area contributed by atoms with Crippen molar-refractivity contribution in [2.45, 2.75) is 64.0 Å². The average Bonchev–Trinajstić information content (AvgIpc) is 2.89. The Morgan fingerprint density at radius 3 is 2.57 bits per heavy atom. The summed E-state index contributed by atoms with van der Waals surface area (Å²) in [6.07, 6.45) is 13.3. The van der Waals surface area contributed by atoms with Gasteiger partial charge in [0.05, 0.1) is 13.0 Å². The van der Waals surface area contributed by atoms with E-state index in [1.807, 2.05) is 0 Å². The van der Waals surface area contributed by atoms with Crippen LogP contribution in [0, 0.1) is 23.7 Å². The van der Waals surface area contributed by atoms with Gasteiger partial charge in [0.15, 0.2) is 0 Å². The summed E-state index contributed by atoms with van der Waals surface area (Å²) in [5.74, 6) is 2.15. The van der Waals surface area contributed by atoms with Crippen LogP contribution in [0.5, 0.6) is 0 Å². The molecule has 1 saturated carbocycles. The van der Waals surface area contributed by atoms with Crippen LogP contribution in [0.15, 0.2) is 12.2 Å². The quantitative estimate of drug-likeness (QED) is 0.640. The first-order chi connectivity index (χ1) is 10.2. The van der Waals surface area contributed by atoms with E-state index in [2.05, 4.69) is 24.4 Å². The lowest BCUT2D eigenvalue weighted by Gasteiger charge is -2.42. The molecule has 0 aromatic carbocycles. The lowest BCUT2D eigenvalue weighted by atomic mass is 9.67. The smallest absolute Gasteiger partial charge is 0.310 e. The highest BCUT2D eigenvalue weighted by molar-refractivity contribution is 5.74. The first kappa shape index (κ1) is 15.1. The Labute approximate surface area is 128 Å². The number of allylic oxidation sites excluding steroid dienone is 2. The third-order valence-corrected chi connectivity index (χ3v) is 6.09. The normalized spacial score (nSPS) is 43.1. The Bertz CT molecular complexity index is 398. The van der Waals surface area contributed by atoms with Gasteiger partial charge in [0.25, 0.3) is 0 Å². The molecule has 0 spiro atoms. The van der Waals surface area contributed by atoms with Crippen molar-refractivity contribution in [2.75, 3.05) is 7.11 Å². The molecule has 3 fully saturated rings. The summed E-state index contributed by atoms with van der Waals surface area (Å²) in [5, 5.41) is 3.64. The van der Waals surface area contributed by atoms with Crippen molar-refractivity contribution in [3.8, 4) is 0 Å². The first-order valence-corrected chi connectivity index (χ1v) is 8.69.